The Morgan fingerprint density at radius 2 is 2.07 bits per heavy atom. The van der Waals surface area contributed by atoms with Crippen molar-refractivity contribution in [1.82, 2.24) is 4.98 Å². The van der Waals surface area contributed by atoms with E-state index in [9.17, 15) is 0 Å². The van der Waals surface area contributed by atoms with Crippen LogP contribution in [0.5, 0.6) is 0 Å². The van der Waals surface area contributed by atoms with Crippen molar-refractivity contribution >= 4 is 28.1 Å². The first kappa shape index (κ1) is 12.8. The van der Waals surface area contributed by atoms with Crippen LogP contribution in [0, 0.1) is 19.3 Å². The topological polar surface area (TPSA) is 24.9 Å². The van der Waals surface area contributed by atoms with Crippen LogP contribution in [0.1, 0.15) is 30.8 Å². The van der Waals surface area contributed by atoms with E-state index in [-0.39, 0.29) is 5.41 Å². The fourth-order valence-corrected chi connectivity index (χ4v) is 2.53. The lowest BCUT2D eigenvalue weighted by atomic mass is 9.90. The lowest BCUT2D eigenvalue weighted by Crippen LogP contribution is -2.23. The summed E-state index contributed by atoms with van der Waals surface area (Å²) in [5.41, 5.74) is 1.35. The van der Waals surface area contributed by atoms with Crippen molar-refractivity contribution in [3.05, 3.63) is 10.6 Å². The number of halogens is 1. The first-order valence-corrected chi connectivity index (χ1v) is 6.53. The van der Waals surface area contributed by atoms with Crippen LogP contribution < -0.4 is 5.32 Å². The number of anilines is 1. The van der Waals surface area contributed by atoms with E-state index in [1.165, 1.54) is 4.88 Å². The molecule has 4 heteroatoms. The summed E-state index contributed by atoms with van der Waals surface area (Å²) in [6.07, 6.45) is 1.02. The molecule has 0 bridgehead atoms. The first-order chi connectivity index (χ1) is 6.94. The minimum atomic E-state index is 0.231. The van der Waals surface area contributed by atoms with Crippen LogP contribution in [-0.2, 0) is 0 Å². The molecule has 1 aromatic heterocycles. The van der Waals surface area contributed by atoms with Gasteiger partial charge in [-0.25, -0.2) is 4.98 Å². The number of rotatable bonds is 5. The summed E-state index contributed by atoms with van der Waals surface area (Å²) in [6.45, 7) is 9.50. The predicted octanol–water partition coefficient (Wildman–Crippen LogP) is 3.83. The molecule has 0 aromatic carbocycles. The smallest absolute Gasteiger partial charge is 0.183 e. The average molecular weight is 247 g/mol. The standard InChI is InChI=1S/C11H19ClN2S/c1-8-9(2)15-10(14-8)13-7-11(3,4)5-6-12/h5-7H2,1-4H3,(H,13,14). The van der Waals surface area contributed by atoms with Crippen molar-refractivity contribution in [3.8, 4) is 0 Å². The molecule has 0 saturated heterocycles. The summed E-state index contributed by atoms with van der Waals surface area (Å²) in [5.74, 6) is 0.713. The zero-order valence-corrected chi connectivity index (χ0v) is 11.4. The van der Waals surface area contributed by atoms with Crippen molar-refractivity contribution in [3.63, 3.8) is 0 Å². The van der Waals surface area contributed by atoms with E-state index in [0.29, 0.717) is 5.88 Å². The zero-order chi connectivity index (χ0) is 11.5. The summed E-state index contributed by atoms with van der Waals surface area (Å²) < 4.78 is 0. The molecule has 0 fully saturated rings. The molecule has 0 unspecified atom stereocenters. The minimum Gasteiger partial charge on any atom is -0.361 e. The molecule has 0 atom stereocenters. The zero-order valence-electron chi connectivity index (χ0n) is 9.85. The lowest BCUT2D eigenvalue weighted by molar-refractivity contribution is 0.379. The highest BCUT2D eigenvalue weighted by Crippen LogP contribution is 2.25. The molecule has 1 heterocycles. The van der Waals surface area contributed by atoms with E-state index in [1.54, 1.807) is 11.3 Å². The van der Waals surface area contributed by atoms with Gasteiger partial charge in [0.1, 0.15) is 0 Å². The summed E-state index contributed by atoms with van der Waals surface area (Å²) in [7, 11) is 0. The van der Waals surface area contributed by atoms with Gasteiger partial charge >= 0.3 is 0 Å². The second kappa shape index (κ2) is 5.17. The highest BCUT2D eigenvalue weighted by atomic mass is 35.5. The number of aromatic nitrogens is 1. The summed E-state index contributed by atoms with van der Waals surface area (Å²) in [4.78, 5) is 5.73. The molecule has 2 nitrogen and oxygen atoms in total. The molecule has 0 saturated carbocycles. The third-order valence-electron chi connectivity index (χ3n) is 2.52. The van der Waals surface area contributed by atoms with E-state index in [0.717, 1.165) is 23.8 Å². The number of aryl methyl sites for hydroxylation is 2. The molecule has 1 N–H and O–H groups in total. The van der Waals surface area contributed by atoms with Crippen molar-refractivity contribution in [2.45, 2.75) is 34.1 Å². The van der Waals surface area contributed by atoms with E-state index in [2.05, 4.69) is 31.1 Å². The van der Waals surface area contributed by atoms with E-state index in [4.69, 9.17) is 11.6 Å². The molecule has 0 spiro atoms. The third kappa shape index (κ3) is 3.99. The molecule has 0 amide bonds. The number of thiazole rings is 1. The second-order valence-corrected chi connectivity index (χ2v) is 6.20. The molecule has 0 aliphatic carbocycles. The SMILES string of the molecule is Cc1nc(NCC(C)(C)CCCl)sc1C. The first-order valence-electron chi connectivity index (χ1n) is 5.18. The summed E-state index contributed by atoms with van der Waals surface area (Å²) >= 11 is 7.47. The van der Waals surface area contributed by atoms with Gasteiger partial charge in [0, 0.05) is 17.3 Å². The third-order valence-corrected chi connectivity index (χ3v) is 3.74. The van der Waals surface area contributed by atoms with Crippen LogP contribution in [0.25, 0.3) is 0 Å². The van der Waals surface area contributed by atoms with Gasteiger partial charge in [-0.05, 0) is 25.7 Å². The van der Waals surface area contributed by atoms with Gasteiger partial charge in [0.2, 0.25) is 0 Å². The van der Waals surface area contributed by atoms with Crippen molar-refractivity contribution in [2.24, 2.45) is 5.41 Å². The Balaban J connectivity index is 2.49. The Morgan fingerprint density at radius 3 is 2.53 bits per heavy atom. The van der Waals surface area contributed by atoms with Gasteiger partial charge in [-0.2, -0.15) is 0 Å². The Bertz CT molecular complexity index is 301. The van der Waals surface area contributed by atoms with Gasteiger partial charge in [0.15, 0.2) is 5.13 Å². The van der Waals surface area contributed by atoms with Crippen LogP contribution in [0.3, 0.4) is 0 Å². The van der Waals surface area contributed by atoms with Crippen LogP contribution in [-0.4, -0.2) is 17.4 Å². The van der Waals surface area contributed by atoms with Crippen LogP contribution in [0.2, 0.25) is 0 Å². The van der Waals surface area contributed by atoms with E-state index >= 15 is 0 Å². The molecular weight excluding hydrogens is 228 g/mol. The second-order valence-electron chi connectivity index (χ2n) is 4.62. The van der Waals surface area contributed by atoms with Gasteiger partial charge < -0.3 is 5.32 Å². The number of hydrogen-bond acceptors (Lipinski definition) is 3. The maximum atomic E-state index is 5.76. The molecule has 0 radical (unpaired) electrons. The fraction of sp³-hybridized carbons (Fsp3) is 0.727. The van der Waals surface area contributed by atoms with Crippen LogP contribution in [0.15, 0.2) is 0 Å². The van der Waals surface area contributed by atoms with Gasteiger partial charge in [0.25, 0.3) is 0 Å². The largest absolute Gasteiger partial charge is 0.361 e. The molecule has 1 aromatic rings. The Morgan fingerprint density at radius 1 is 1.40 bits per heavy atom. The Hall–Kier alpha value is -0.280. The van der Waals surface area contributed by atoms with E-state index in [1.807, 2.05) is 6.92 Å². The minimum absolute atomic E-state index is 0.231. The maximum absolute atomic E-state index is 5.76. The van der Waals surface area contributed by atoms with Crippen molar-refractivity contribution in [2.75, 3.05) is 17.7 Å². The lowest BCUT2D eigenvalue weighted by Gasteiger charge is -2.23. The number of alkyl halides is 1. The molecule has 15 heavy (non-hydrogen) atoms. The van der Waals surface area contributed by atoms with E-state index < -0.39 is 0 Å². The van der Waals surface area contributed by atoms with Gasteiger partial charge in [-0.15, -0.1) is 22.9 Å². The average Bonchev–Trinajstić information content (AvgIpc) is 2.44. The maximum Gasteiger partial charge on any atom is 0.183 e. The van der Waals surface area contributed by atoms with Gasteiger partial charge in [0.05, 0.1) is 5.69 Å². The molecular formula is C11H19ClN2S. The fourth-order valence-electron chi connectivity index (χ4n) is 1.21. The molecule has 1 rings (SSSR count). The Kier molecular flexibility index (Phi) is 4.41. The molecule has 0 aliphatic heterocycles. The van der Waals surface area contributed by atoms with Crippen LogP contribution >= 0.6 is 22.9 Å². The normalized spacial score (nSPS) is 11.8. The summed E-state index contributed by atoms with van der Waals surface area (Å²) in [6, 6.07) is 0. The summed E-state index contributed by atoms with van der Waals surface area (Å²) in [5, 5.41) is 4.40. The predicted molar refractivity (Wildman–Crippen MR) is 69.2 cm³/mol. The van der Waals surface area contributed by atoms with Crippen LogP contribution in [0.4, 0.5) is 5.13 Å². The number of nitrogens with zero attached hydrogens (tertiary/aromatic N) is 1. The van der Waals surface area contributed by atoms with Gasteiger partial charge in [-0.3, -0.25) is 0 Å². The van der Waals surface area contributed by atoms with Gasteiger partial charge in [-0.1, -0.05) is 13.8 Å². The highest BCUT2D eigenvalue weighted by molar-refractivity contribution is 7.15. The van der Waals surface area contributed by atoms with Crippen molar-refractivity contribution < 1.29 is 0 Å². The van der Waals surface area contributed by atoms with Crippen molar-refractivity contribution in [1.29, 1.82) is 0 Å². The quantitative estimate of drug-likeness (QED) is 0.799. The number of hydrogen-bond donors (Lipinski definition) is 1. The molecule has 0 aliphatic rings. The molecule has 86 valence electrons. The highest BCUT2D eigenvalue weighted by Gasteiger charge is 2.17. The monoisotopic (exact) mass is 246 g/mol. The number of nitrogens with one attached hydrogen (secondary N) is 1. The Labute approximate surface area is 101 Å².